The number of fused-ring (bicyclic) bond motifs is 1. The molecular formula is C24H27N4O2S+. The third kappa shape index (κ3) is 4.42. The molecular weight excluding hydrogens is 408 g/mol. The summed E-state index contributed by atoms with van der Waals surface area (Å²) in [6.07, 6.45) is 2.01. The molecule has 0 N–H and O–H groups in total. The molecule has 0 aromatic heterocycles. The van der Waals surface area contributed by atoms with Gasteiger partial charge in [0.15, 0.2) is 0 Å². The monoisotopic (exact) mass is 435 g/mol. The van der Waals surface area contributed by atoms with E-state index in [4.69, 9.17) is 4.99 Å². The molecule has 2 aliphatic rings. The van der Waals surface area contributed by atoms with Crippen LogP contribution >= 0.6 is 11.8 Å². The highest BCUT2D eigenvalue weighted by atomic mass is 32.2. The molecule has 2 aliphatic heterocycles. The Morgan fingerprint density at radius 3 is 2.48 bits per heavy atom. The van der Waals surface area contributed by atoms with Crippen LogP contribution in [-0.2, 0) is 17.8 Å². The molecule has 7 heteroatoms. The lowest BCUT2D eigenvalue weighted by Gasteiger charge is -2.30. The third-order valence-electron chi connectivity index (χ3n) is 5.61. The molecule has 0 bridgehead atoms. The van der Waals surface area contributed by atoms with E-state index in [2.05, 4.69) is 49.4 Å². The molecule has 1 unspecified atom stereocenters. The van der Waals surface area contributed by atoms with Crippen LogP contribution in [0.1, 0.15) is 23.1 Å². The molecule has 1 saturated heterocycles. The summed E-state index contributed by atoms with van der Waals surface area (Å²) in [5, 5.41) is 0.804. The summed E-state index contributed by atoms with van der Waals surface area (Å²) in [5.41, 5.74) is 3.61. The minimum Gasteiger partial charge on any atom is -0.269 e. The normalized spacial score (nSPS) is 18.5. The minimum absolute atomic E-state index is 0.227. The van der Waals surface area contributed by atoms with Crippen LogP contribution in [0.5, 0.6) is 0 Å². The average molecular weight is 436 g/mol. The Morgan fingerprint density at radius 1 is 1.00 bits per heavy atom. The Hall–Kier alpha value is -2.93. The van der Waals surface area contributed by atoms with Crippen molar-refractivity contribution in [1.29, 1.82) is 0 Å². The predicted octanol–water partition coefficient (Wildman–Crippen LogP) is 3.53. The maximum atomic E-state index is 13.0. The Kier molecular flexibility index (Phi) is 6.23. The standard InChI is InChI=1S/C24H27N4O2S/c1-17-9-7-12-19(15-17)16-28-20-21(26(2)24(30)27(3)22(20)29)25-23(28)31-14-8-13-18-10-5-4-6-11-18/h4-7,9-12,15,20H,8,13-14,16H2,1-3H3/q+1. The highest BCUT2D eigenvalue weighted by Crippen LogP contribution is 2.25. The summed E-state index contributed by atoms with van der Waals surface area (Å²) in [4.78, 5) is 32.9. The summed E-state index contributed by atoms with van der Waals surface area (Å²) in [5.74, 6) is 1.18. The van der Waals surface area contributed by atoms with Crippen LogP contribution in [0.15, 0.2) is 59.6 Å². The molecule has 0 spiro atoms. The Labute approximate surface area is 187 Å². The number of carbonyl (C=O) groups is 2. The van der Waals surface area contributed by atoms with Crippen LogP contribution in [0, 0.1) is 6.92 Å². The van der Waals surface area contributed by atoms with Gasteiger partial charge in [0, 0.05) is 19.8 Å². The number of amidine groups is 2. The van der Waals surface area contributed by atoms with Gasteiger partial charge >= 0.3 is 11.2 Å². The number of hydrogen-bond donors (Lipinski definition) is 0. The van der Waals surface area contributed by atoms with E-state index >= 15 is 0 Å². The molecule has 1 fully saturated rings. The van der Waals surface area contributed by atoms with Crippen molar-refractivity contribution in [2.75, 3.05) is 19.8 Å². The second-order valence-corrected chi connectivity index (χ2v) is 9.01. The highest BCUT2D eigenvalue weighted by Gasteiger charge is 2.53. The molecule has 31 heavy (non-hydrogen) atoms. The molecule has 2 aromatic rings. The molecule has 4 rings (SSSR count). The molecule has 2 heterocycles. The van der Waals surface area contributed by atoms with E-state index < -0.39 is 6.04 Å². The van der Waals surface area contributed by atoms with Crippen molar-refractivity contribution >= 4 is 34.7 Å². The number of aliphatic imine (C=N–C) groups is 1. The van der Waals surface area contributed by atoms with E-state index in [9.17, 15) is 9.59 Å². The SMILES string of the molecule is Cc1cccc(C[N+]2=C(SCCCc3ccccc3)N=C3C2C(=O)N(C)C(=O)N3C)c1. The van der Waals surface area contributed by atoms with Gasteiger partial charge in [-0.2, -0.15) is 0 Å². The van der Waals surface area contributed by atoms with Crippen molar-refractivity contribution in [3.05, 3.63) is 71.3 Å². The van der Waals surface area contributed by atoms with E-state index in [0.717, 1.165) is 29.3 Å². The first kappa shape index (κ1) is 21.3. The maximum absolute atomic E-state index is 13.0. The van der Waals surface area contributed by atoms with Gasteiger partial charge in [0.05, 0.1) is 0 Å². The lowest BCUT2D eigenvalue weighted by Crippen LogP contribution is -2.61. The highest BCUT2D eigenvalue weighted by molar-refractivity contribution is 8.13. The van der Waals surface area contributed by atoms with E-state index in [0.29, 0.717) is 12.4 Å². The van der Waals surface area contributed by atoms with E-state index in [-0.39, 0.29) is 11.9 Å². The van der Waals surface area contributed by atoms with Crippen molar-refractivity contribution in [1.82, 2.24) is 9.80 Å². The van der Waals surface area contributed by atoms with Crippen LogP contribution in [0.25, 0.3) is 0 Å². The average Bonchev–Trinajstić information content (AvgIpc) is 3.13. The number of benzene rings is 2. The zero-order chi connectivity index (χ0) is 22.0. The first-order chi connectivity index (χ1) is 15.0. The second kappa shape index (κ2) is 9.06. The quantitative estimate of drug-likeness (QED) is 0.515. The largest absolute Gasteiger partial charge is 0.358 e. The molecule has 3 amide bonds. The van der Waals surface area contributed by atoms with Gasteiger partial charge in [-0.25, -0.2) is 9.37 Å². The van der Waals surface area contributed by atoms with Gasteiger partial charge in [-0.3, -0.25) is 14.6 Å². The summed E-state index contributed by atoms with van der Waals surface area (Å²) in [6, 6.07) is 17.8. The number of thioether (sulfide) groups is 1. The van der Waals surface area contributed by atoms with Crippen molar-refractivity contribution in [3.63, 3.8) is 0 Å². The summed E-state index contributed by atoms with van der Waals surface area (Å²) in [6.45, 7) is 2.63. The van der Waals surface area contributed by atoms with Crippen molar-refractivity contribution < 1.29 is 14.2 Å². The summed E-state index contributed by atoms with van der Waals surface area (Å²) >= 11 is 1.65. The number of hydrogen-bond acceptors (Lipinski definition) is 4. The maximum Gasteiger partial charge on any atom is 0.358 e. The van der Waals surface area contributed by atoms with Crippen LogP contribution in [-0.4, -0.2) is 63.2 Å². The van der Waals surface area contributed by atoms with Crippen molar-refractivity contribution in [2.24, 2.45) is 4.99 Å². The van der Waals surface area contributed by atoms with Gasteiger partial charge in [0.25, 0.3) is 17.8 Å². The minimum atomic E-state index is -0.565. The zero-order valence-corrected chi connectivity index (χ0v) is 18.9. The Morgan fingerprint density at radius 2 is 1.74 bits per heavy atom. The van der Waals surface area contributed by atoms with Crippen molar-refractivity contribution in [2.45, 2.75) is 32.4 Å². The van der Waals surface area contributed by atoms with E-state index in [1.807, 2.05) is 16.7 Å². The van der Waals surface area contributed by atoms with Gasteiger partial charge in [-0.15, -0.1) is 0 Å². The molecule has 2 aromatic carbocycles. The molecule has 0 radical (unpaired) electrons. The number of likely N-dealkylation sites (N-methyl/N-ethyl adjacent to an activating group) is 2. The van der Waals surface area contributed by atoms with Crippen LogP contribution in [0.3, 0.4) is 0 Å². The van der Waals surface area contributed by atoms with Gasteiger partial charge in [0.2, 0.25) is 0 Å². The number of aryl methyl sites for hydroxylation is 2. The number of carbonyl (C=O) groups excluding carboxylic acids is 2. The fraction of sp³-hybridized carbons (Fsp3) is 0.333. The van der Waals surface area contributed by atoms with E-state index in [1.165, 1.54) is 28.0 Å². The number of imide groups is 1. The topological polar surface area (TPSA) is 56.0 Å². The van der Waals surface area contributed by atoms with Crippen LogP contribution in [0.4, 0.5) is 4.79 Å². The molecule has 160 valence electrons. The van der Waals surface area contributed by atoms with Gasteiger partial charge in [0.1, 0.15) is 6.54 Å². The fourth-order valence-electron chi connectivity index (χ4n) is 3.94. The molecule has 6 nitrogen and oxygen atoms in total. The van der Waals surface area contributed by atoms with Gasteiger partial charge < -0.3 is 0 Å². The third-order valence-corrected chi connectivity index (χ3v) is 6.69. The summed E-state index contributed by atoms with van der Waals surface area (Å²) < 4.78 is 2.04. The fourth-order valence-corrected chi connectivity index (χ4v) is 4.91. The lowest BCUT2D eigenvalue weighted by molar-refractivity contribution is -0.548. The summed E-state index contributed by atoms with van der Waals surface area (Å²) in [7, 11) is 3.22. The Bertz CT molecular complexity index is 1060. The number of rotatable bonds is 6. The van der Waals surface area contributed by atoms with Crippen LogP contribution < -0.4 is 0 Å². The lowest BCUT2D eigenvalue weighted by atomic mass is 10.1. The van der Waals surface area contributed by atoms with Crippen molar-refractivity contribution in [3.8, 4) is 0 Å². The van der Waals surface area contributed by atoms with Gasteiger partial charge in [-0.05, 0) is 47.6 Å². The Balaban J connectivity index is 1.57. The first-order valence-electron chi connectivity index (χ1n) is 10.5. The number of amides is 3. The number of urea groups is 1. The van der Waals surface area contributed by atoms with Crippen LogP contribution in [0.2, 0.25) is 0 Å². The second-order valence-electron chi connectivity index (χ2n) is 7.95. The molecule has 0 aliphatic carbocycles. The first-order valence-corrected chi connectivity index (χ1v) is 11.4. The molecule has 1 atom stereocenters. The zero-order valence-electron chi connectivity index (χ0n) is 18.1. The smallest absolute Gasteiger partial charge is 0.269 e. The predicted molar refractivity (Wildman–Crippen MR) is 125 cm³/mol. The van der Waals surface area contributed by atoms with Gasteiger partial charge in [-0.1, -0.05) is 60.2 Å². The number of nitrogens with zero attached hydrogens (tertiary/aromatic N) is 4. The van der Waals surface area contributed by atoms with E-state index in [1.54, 1.807) is 18.8 Å². The molecule has 0 saturated carbocycles.